The summed E-state index contributed by atoms with van der Waals surface area (Å²) < 4.78 is 0. The number of nitrogens with two attached hydrogens (primary N) is 1. The number of benzene rings is 1. The van der Waals surface area contributed by atoms with Gasteiger partial charge in [0.1, 0.15) is 0 Å². The van der Waals surface area contributed by atoms with Gasteiger partial charge in [-0.05, 0) is 25.2 Å². The van der Waals surface area contributed by atoms with Crippen LogP contribution in [0, 0.1) is 11.3 Å². The van der Waals surface area contributed by atoms with E-state index in [0.717, 1.165) is 45.0 Å². The Morgan fingerprint density at radius 2 is 2.05 bits per heavy atom. The van der Waals surface area contributed by atoms with Gasteiger partial charge in [-0.15, -0.1) is 0 Å². The summed E-state index contributed by atoms with van der Waals surface area (Å²) in [6.45, 7) is 6.42. The number of nitriles is 1. The van der Waals surface area contributed by atoms with E-state index >= 15 is 0 Å². The molecule has 1 heterocycles. The van der Waals surface area contributed by atoms with Crippen molar-refractivity contribution in [3.05, 3.63) is 23.8 Å². The van der Waals surface area contributed by atoms with E-state index in [2.05, 4.69) is 28.2 Å². The molecule has 0 spiro atoms. The smallest absolute Gasteiger partial charge is 0.0992 e. The summed E-state index contributed by atoms with van der Waals surface area (Å²) >= 11 is 0. The van der Waals surface area contributed by atoms with Crippen molar-refractivity contribution in [3.8, 4) is 6.07 Å². The molecule has 0 saturated carbocycles. The van der Waals surface area contributed by atoms with Gasteiger partial charge in [0.15, 0.2) is 0 Å². The average molecular weight is 259 g/mol. The lowest BCUT2D eigenvalue weighted by Gasteiger charge is -2.32. The molecule has 1 saturated heterocycles. The molecule has 0 radical (unpaired) electrons. The number of anilines is 2. The highest BCUT2D eigenvalue weighted by Gasteiger charge is 2.12. The third-order valence-corrected chi connectivity index (χ3v) is 3.52. The van der Waals surface area contributed by atoms with Gasteiger partial charge in [0, 0.05) is 39.3 Å². The monoisotopic (exact) mass is 259 g/mol. The van der Waals surface area contributed by atoms with Crippen molar-refractivity contribution < 1.29 is 0 Å². The predicted molar refractivity (Wildman–Crippen MR) is 78.0 cm³/mol. The molecule has 0 aliphatic carbocycles. The van der Waals surface area contributed by atoms with Gasteiger partial charge in [0.25, 0.3) is 0 Å². The summed E-state index contributed by atoms with van der Waals surface area (Å²) in [5.74, 6) is 0. The number of nitrogens with one attached hydrogen (secondary N) is 1. The maximum absolute atomic E-state index is 8.78. The van der Waals surface area contributed by atoms with E-state index in [9.17, 15) is 0 Å². The Labute approximate surface area is 114 Å². The molecule has 0 amide bonds. The van der Waals surface area contributed by atoms with E-state index < -0.39 is 0 Å². The van der Waals surface area contributed by atoms with Crippen molar-refractivity contribution in [1.29, 1.82) is 5.26 Å². The van der Waals surface area contributed by atoms with Crippen LogP contribution in [0.4, 0.5) is 11.4 Å². The van der Waals surface area contributed by atoms with Crippen molar-refractivity contribution in [1.82, 2.24) is 9.80 Å². The van der Waals surface area contributed by atoms with Crippen molar-refractivity contribution in [2.24, 2.45) is 0 Å². The van der Waals surface area contributed by atoms with Gasteiger partial charge in [-0.2, -0.15) is 5.26 Å². The summed E-state index contributed by atoms with van der Waals surface area (Å²) in [6, 6.07) is 7.45. The zero-order valence-corrected chi connectivity index (χ0v) is 11.4. The SMILES string of the molecule is CN1CCN(CCNc2ccc(C#N)cc2N)CC1. The number of hydrogen-bond acceptors (Lipinski definition) is 5. The molecule has 2 rings (SSSR count). The standard InChI is InChI=1S/C14H21N5/c1-18-6-8-19(9-7-18)5-4-17-14-3-2-12(11-15)10-13(14)16/h2-3,10,17H,4-9,16H2,1H3. The molecule has 1 fully saturated rings. The first-order chi connectivity index (χ1) is 9.19. The second-order valence-electron chi connectivity index (χ2n) is 4.99. The third-order valence-electron chi connectivity index (χ3n) is 3.52. The second-order valence-corrected chi connectivity index (χ2v) is 4.99. The maximum atomic E-state index is 8.78. The van der Waals surface area contributed by atoms with Gasteiger partial charge in [-0.3, -0.25) is 4.90 Å². The minimum Gasteiger partial charge on any atom is -0.397 e. The van der Waals surface area contributed by atoms with E-state index in [0.29, 0.717) is 11.3 Å². The molecule has 5 heteroatoms. The van der Waals surface area contributed by atoms with Crippen LogP contribution in [0.2, 0.25) is 0 Å². The molecule has 1 aromatic carbocycles. The number of rotatable bonds is 4. The molecule has 19 heavy (non-hydrogen) atoms. The van der Waals surface area contributed by atoms with Crippen LogP contribution < -0.4 is 11.1 Å². The summed E-state index contributed by atoms with van der Waals surface area (Å²) in [7, 11) is 2.16. The largest absolute Gasteiger partial charge is 0.397 e. The molecule has 1 aliphatic rings. The van der Waals surface area contributed by atoms with Crippen molar-refractivity contribution >= 4 is 11.4 Å². The van der Waals surface area contributed by atoms with Gasteiger partial charge in [0.2, 0.25) is 0 Å². The Hall–Kier alpha value is -1.77. The first-order valence-electron chi connectivity index (χ1n) is 6.63. The van der Waals surface area contributed by atoms with Gasteiger partial charge in [-0.25, -0.2) is 0 Å². The van der Waals surface area contributed by atoms with Crippen LogP contribution >= 0.6 is 0 Å². The zero-order chi connectivity index (χ0) is 13.7. The molecular formula is C14H21N5. The minimum absolute atomic E-state index is 0.599. The Bertz CT molecular complexity index is 457. The van der Waals surface area contributed by atoms with Crippen molar-refractivity contribution in [2.75, 3.05) is 57.4 Å². The number of likely N-dealkylation sites (N-methyl/N-ethyl adjacent to an activating group) is 1. The van der Waals surface area contributed by atoms with Gasteiger partial charge in [0.05, 0.1) is 23.0 Å². The fourth-order valence-electron chi connectivity index (χ4n) is 2.21. The topological polar surface area (TPSA) is 68.3 Å². The minimum atomic E-state index is 0.599. The van der Waals surface area contributed by atoms with Crippen LogP contribution in [-0.2, 0) is 0 Å². The van der Waals surface area contributed by atoms with Crippen LogP contribution in [0.1, 0.15) is 5.56 Å². The highest BCUT2D eigenvalue weighted by Crippen LogP contribution is 2.19. The molecule has 0 aromatic heterocycles. The average Bonchev–Trinajstić information content (AvgIpc) is 2.42. The Balaban J connectivity index is 1.78. The van der Waals surface area contributed by atoms with Crippen LogP contribution in [0.25, 0.3) is 0 Å². The molecule has 0 atom stereocenters. The first kappa shape index (κ1) is 13.7. The van der Waals surface area contributed by atoms with E-state index in [1.165, 1.54) is 0 Å². The molecule has 3 N–H and O–H groups in total. The molecule has 5 nitrogen and oxygen atoms in total. The fourth-order valence-corrected chi connectivity index (χ4v) is 2.21. The zero-order valence-electron chi connectivity index (χ0n) is 11.4. The lowest BCUT2D eigenvalue weighted by Crippen LogP contribution is -2.45. The molecule has 0 bridgehead atoms. The van der Waals surface area contributed by atoms with E-state index in [1.807, 2.05) is 6.07 Å². The van der Waals surface area contributed by atoms with Gasteiger partial charge >= 0.3 is 0 Å². The van der Waals surface area contributed by atoms with Gasteiger partial charge < -0.3 is 16.0 Å². The summed E-state index contributed by atoms with van der Waals surface area (Å²) in [5, 5.41) is 12.1. The summed E-state index contributed by atoms with van der Waals surface area (Å²) in [5.41, 5.74) is 8.05. The highest BCUT2D eigenvalue weighted by molar-refractivity contribution is 5.68. The number of hydrogen-bond donors (Lipinski definition) is 2. The Kier molecular flexibility index (Phi) is 4.61. The highest BCUT2D eigenvalue weighted by atomic mass is 15.2. The molecule has 0 unspecified atom stereocenters. The van der Waals surface area contributed by atoms with Crippen molar-refractivity contribution in [3.63, 3.8) is 0 Å². The Morgan fingerprint density at radius 1 is 1.32 bits per heavy atom. The number of nitrogens with zero attached hydrogens (tertiary/aromatic N) is 3. The number of nitrogen functional groups attached to an aromatic ring is 1. The third kappa shape index (κ3) is 3.85. The molecule has 102 valence electrons. The van der Waals surface area contributed by atoms with Crippen LogP contribution in [-0.4, -0.2) is 56.1 Å². The number of piperazine rings is 1. The predicted octanol–water partition coefficient (Wildman–Crippen LogP) is 0.800. The molecular weight excluding hydrogens is 238 g/mol. The first-order valence-corrected chi connectivity index (χ1v) is 6.63. The fraction of sp³-hybridized carbons (Fsp3) is 0.500. The van der Waals surface area contributed by atoms with Gasteiger partial charge in [-0.1, -0.05) is 0 Å². The lowest BCUT2D eigenvalue weighted by molar-refractivity contribution is 0.158. The summed E-state index contributed by atoms with van der Waals surface area (Å²) in [6.07, 6.45) is 0. The van der Waals surface area contributed by atoms with E-state index in [1.54, 1.807) is 12.1 Å². The van der Waals surface area contributed by atoms with Crippen LogP contribution in [0.15, 0.2) is 18.2 Å². The normalized spacial score (nSPS) is 17.1. The van der Waals surface area contributed by atoms with E-state index in [4.69, 9.17) is 11.0 Å². The molecule has 1 aliphatic heterocycles. The summed E-state index contributed by atoms with van der Waals surface area (Å²) in [4.78, 5) is 4.80. The maximum Gasteiger partial charge on any atom is 0.0992 e. The van der Waals surface area contributed by atoms with Crippen LogP contribution in [0.5, 0.6) is 0 Å². The Morgan fingerprint density at radius 3 is 2.68 bits per heavy atom. The molecule has 1 aromatic rings. The second kappa shape index (κ2) is 6.41. The van der Waals surface area contributed by atoms with E-state index in [-0.39, 0.29) is 0 Å². The lowest BCUT2D eigenvalue weighted by atomic mass is 10.2. The van der Waals surface area contributed by atoms with Crippen molar-refractivity contribution in [2.45, 2.75) is 0 Å². The quantitative estimate of drug-likeness (QED) is 0.783. The van der Waals surface area contributed by atoms with Crippen LogP contribution in [0.3, 0.4) is 0 Å².